The van der Waals surface area contributed by atoms with Crippen LogP contribution < -0.4 is 10.1 Å². The minimum atomic E-state index is -0.648. The van der Waals surface area contributed by atoms with Gasteiger partial charge in [0, 0.05) is 5.69 Å². The predicted octanol–water partition coefficient (Wildman–Crippen LogP) is 4.15. The number of ether oxygens (including phenoxy) is 2. The van der Waals surface area contributed by atoms with E-state index in [1.54, 1.807) is 38.1 Å². The third-order valence-electron chi connectivity index (χ3n) is 4.67. The normalized spacial score (nSPS) is 14.0. The molecular weight excluding hydrogens is 342 g/mol. The molecule has 142 valence electrons. The summed E-state index contributed by atoms with van der Waals surface area (Å²) >= 11 is 0. The highest BCUT2D eigenvalue weighted by molar-refractivity contribution is 5.96. The lowest BCUT2D eigenvalue weighted by molar-refractivity contribution is -0.122. The summed E-state index contributed by atoms with van der Waals surface area (Å²) in [5.41, 5.74) is 3.47. The maximum absolute atomic E-state index is 12.5. The van der Waals surface area contributed by atoms with Crippen LogP contribution in [0.5, 0.6) is 5.75 Å². The summed E-state index contributed by atoms with van der Waals surface area (Å²) in [5.74, 6) is 0.119. The smallest absolute Gasteiger partial charge is 0.338 e. The van der Waals surface area contributed by atoms with Crippen LogP contribution in [0.1, 0.15) is 48.2 Å². The number of benzene rings is 2. The van der Waals surface area contributed by atoms with Crippen molar-refractivity contribution in [1.29, 1.82) is 0 Å². The Morgan fingerprint density at radius 2 is 1.89 bits per heavy atom. The number of hydrogen-bond donors (Lipinski definition) is 1. The second-order valence-corrected chi connectivity index (χ2v) is 6.65. The standard InChI is InChI=1S/C22H25NO4/c1-3-26-22(25)17-10-6-11-18(14-17)23-21(24)15(2)27-20-13-7-9-16-8-4-5-12-19(16)20/h6-7,9-11,13-15H,3-5,8,12H2,1-2H3,(H,23,24)/t15-/m0/s1. The van der Waals surface area contributed by atoms with Crippen molar-refractivity contribution >= 4 is 17.6 Å². The van der Waals surface area contributed by atoms with E-state index in [9.17, 15) is 9.59 Å². The number of amides is 1. The quantitative estimate of drug-likeness (QED) is 0.779. The van der Waals surface area contributed by atoms with Gasteiger partial charge in [0.25, 0.3) is 5.91 Å². The van der Waals surface area contributed by atoms with Crippen molar-refractivity contribution in [1.82, 2.24) is 0 Å². The van der Waals surface area contributed by atoms with Gasteiger partial charge >= 0.3 is 5.97 Å². The highest BCUT2D eigenvalue weighted by atomic mass is 16.5. The fourth-order valence-electron chi connectivity index (χ4n) is 3.28. The van der Waals surface area contributed by atoms with Crippen molar-refractivity contribution in [3.8, 4) is 5.75 Å². The molecule has 1 aliphatic carbocycles. The molecular formula is C22H25NO4. The van der Waals surface area contributed by atoms with Gasteiger partial charge in [0.05, 0.1) is 12.2 Å². The zero-order valence-electron chi connectivity index (χ0n) is 15.8. The minimum absolute atomic E-state index is 0.260. The van der Waals surface area contributed by atoms with Crippen LogP contribution in [0.25, 0.3) is 0 Å². The summed E-state index contributed by atoms with van der Waals surface area (Å²) in [6.07, 6.45) is 3.75. The first-order chi connectivity index (χ1) is 13.1. The Balaban J connectivity index is 1.67. The summed E-state index contributed by atoms with van der Waals surface area (Å²) in [6, 6.07) is 12.7. The van der Waals surface area contributed by atoms with E-state index in [2.05, 4.69) is 11.4 Å². The molecule has 0 saturated carbocycles. The van der Waals surface area contributed by atoms with Crippen molar-refractivity contribution in [2.45, 2.75) is 45.6 Å². The number of nitrogens with one attached hydrogen (secondary N) is 1. The van der Waals surface area contributed by atoms with Crippen LogP contribution in [-0.4, -0.2) is 24.6 Å². The predicted molar refractivity (Wildman–Crippen MR) is 104 cm³/mol. The van der Waals surface area contributed by atoms with E-state index in [1.165, 1.54) is 17.5 Å². The zero-order valence-corrected chi connectivity index (χ0v) is 15.8. The molecule has 0 unspecified atom stereocenters. The zero-order chi connectivity index (χ0) is 19.2. The first-order valence-electron chi connectivity index (χ1n) is 9.44. The highest BCUT2D eigenvalue weighted by Crippen LogP contribution is 2.30. The van der Waals surface area contributed by atoms with E-state index in [-0.39, 0.29) is 5.91 Å². The van der Waals surface area contributed by atoms with Gasteiger partial charge in [-0.15, -0.1) is 0 Å². The Kier molecular flexibility index (Phi) is 6.12. The lowest BCUT2D eigenvalue weighted by Crippen LogP contribution is -2.30. The van der Waals surface area contributed by atoms with Crippen molar-refractivity contribution in [2.75, 3.05) is 11.9 Å². The number of esters is 1. The van der Waals surface area contributed by atoms with Crippen LogP contribution >= 0.6 is 0 Å². The van der Waals surface area contributed by atoms with Crippen molar-refractivity contribution in [3.63, 3.8) is 0 Å². The van der Waals surface area contributed by atoms with Gasteiger partial charge in [-0.1, -0.05) is 18.2 Å². The molecule has 0 radical (unpaired) electrons. The monoisotopic (exact) mass is 367 g/mol. The summed E-state index contributed by atoms with van der Waals surface area (Å²) in [4.78, 5) is 24.4. The number of anilines is 1. The summed E-state index contributed by atoms with van der Waals surface area (Å²) < 4.78 is 11.0. The van der Waals surface area contributed by atoms with E-state index >= 15 is 0 Å². The minimum Gasteiger partial charge on any atom is -0.481 e. The SMILES string of the molecule is CCOC(=O)c1cccc(NC(=O)[C@H](C)Oc2cccc3c2CCCC3)c1. The van der Waals surface area contributed by atoms with Gasteiger partial charge in [0.2, 0.25) is 0 Å². The van der Waals surface area contributed by atoms with Crippen LogP contribution in [0.3, 0.4) is 0 Å². The molecule has 1 N–H and O–H groups in total. The molecule has 5 heteroatoms. The van der Waals surface area contributed by atoms with Gasteiger partial charge in [0.1, 0.15) is 5.75 Å². The van der Waals surface area contributed by atoms with Gasteiger partial charge in [-0.25, -0.2) is 4.79 Å². The van der Waals surface area contributed by atoms with Crippen LogP contribution in [0, 0.1) is 0 Å². The lowest BCUT2D eigenvalue weighted by Gasteiger charge is -2.22. The maximum Gasteiger partial charge on any atom is 0.338 e. The Morgan fingerprint density at radius 1 is 1.11 bits per heavy atom. The van der Waals surface area contributed by atoms with E-state index in [0.29, 0.717) is 17.9 Å². The van der Waals surface area contributed by atoms with Gasteiger partial charge in [-0.2, -0.15) is 0 Å². The molecule has 0 saturated heterocycles. The Bertz CT molecular complexity index is 831. The number of carbonyl (C=O) groups is 2. The van der Waals surface area contributed by atoms with Gasteiger partial charge in [-0.3, -0.25) is 4.79 Å². The van der Waals surface area contributed by atoms with Gasteiger partial charge < -0.3 is 14.8 Å². The Labute approximate surface area is 159 Å². The average molecular weight is 367 g/mol. The number of aryl methyl sites for hydroxylation is 1. The van der Waals surface area contributed by atoms with Crippen molar-refractivity contribution in [2.24, 2.45) is 0 Å². The fourth-order valence-corrected chi connectivity index (χ4v) is 3.28. The molecule has 0 aromatic heterocycles. The molecule has 1 aliphatic rings. The summed E-state index contributed by atoms with van der Waals surface area (Å²) in [7, 11) is 0. The number of hydrogen-bond acceptors (Lipinski definition) is 4. The van der Waals surface area contributed by atoms with E-state index in [4.69, 9.17) is 9.47 Å². The molecule has 5 nitrogen and oxygen atoms in total. The largest absolute Gasteiger partial charge is 0.481 e. The first-order valence-corrected chi connectivity index (χ1v) is 9.44. The number of fused-ring (bicyclic) bond motifs is 1. The molecule has 0 spiro atoms. The second-order valence-electron chi connectivity index (χ2n) is 6.65. The summed E-state index contributed by atoms with van der Waals surface area (Å²) in [6.45, 7) is 3.79. The van der Waals surface area contributed by atoms with Crippen LogP contribution in [0.4, 0.5) is 5.69 Å². The number of rotatable bonds is 6. The van der Waals surface area contributed by atoms with E-state index < -0.39 is 12.1 Å². The highest BCUT2D eigenvalue weighted by Gasteiger charge is 2.20. The van der Waals surface area contributed by atoms with Crippen LogP contribution in [0.15, 0.2) is 42.5 Å². The summed E-state index contributed by atoms with van der Waals surface area (Å²) in [5, 5.41) is 2.81. The lowest BCUT2D eigenvalue weighted by atomic mass is 9.91. The molecule has 0 fully saturated rings. The van der Waals surface area contributed by atoms with E-state index in [0.717, 1.165) is 25.0 Å². The first kappa shape index (κ1) is 19.0. The second kappa shape index (κ2) is 8.71. The molecule has 0 bridgehead atoms. The van der Waals surface area contributed by atoms with Crippen molar-refractivity contribution < 1.29 is 19.1 Å². The molecule has 1 amide bonds. The number of carbonyl (C=O) groups excluding carboxylic acids is 2. The Morgan fingerprint density at radius 3 is 2.70 bits per heavy atom. The molecule has 1 atom stereocenters. The molecule has 0 heterocycles. The molecule has 2 aromatic carbocycles. The molecule has 2 aromatic rings. The molecule has 27 heavy (non-hydrogen) atoms. The topological polar surface area (TPSA) is 64.6 Å². The Hall–Kier alpha value is -2.82. The molecule has 0 aliphatic heterocycles. The maximum atomic E-state index is 12.5. The van der Waals surface area contributed by atoms with Gasteiger partial charge in [-0.05, 0) is 74.9 Å². The van der Waals surface area contributed by atoms with Crippen LogP contribution in [-0.2, 0) is 22.4 Å². The van der Waals surface area contributed by atoms with Crippen LogP contribution in [0.2, 0.25) is 0 Å². The third-order valence-corrected chi connectivity index (χ3v) is 4.67. The van der Waals surface area contributed by atoms with Crippen molar-refractivity contribution in [3.05, 3.63) is 59.2 Å². The fraction of sp³-hybridized carbons (Fsp3) is 0.364. The van der Waals surface area contributed by atoms with Gasteiger partial charge in [0.15, 0.2) is 6.10 Å². The average Bonchev–Trinajstić information content (AvgIpc) is 2.68. The third kappa shape index (κ3) is 4.67. The molecule has 3 rings (SSSR count). The van der Waals surface area contributed by atoms with E-state index in [1.807, 2.05) is 12.1 Å².